The first-order valence-electron chi connectivity index (χ1n) is 9.62. The van der Waals surface area contributed by atoms with E-state index in [9.17, 15) is 4.79 Å². The van der Waals surface area contributed by atoms with Crippen molar-refractivity contribution in [3.05, 3.63) is 107 Å². The molecule has 1 aromatic heterocycles. The summed E-state index contributed by atoms with van der Waals surface area (Å²) in [5.41, 5.74) is 4.85. The molecule has 1 atom stereocenters. The molecular formula is C24H17ClN4O. The minimum atomic E-state index is -0.254. The second-order valence-electron chi connectivity index (χ2n) is 7.07. The van der Waals surface area contributed by atoms with E-state index in [4.69, 9.17) is 16.7 Å². The first-order valence-corrected chi connectivity index (χ1v) is 10.00. The predicted octanol–water partition coefficient (Wildman–Crippen LogP) is 5.27. The molecule has 3 aromatic carbocycles. The van der Waals surface area contributed by atoms with Gasteiger partial charge >= 0.3 is 0 Å². The van der Waals surface area contributed by atoms with E-state index >= 15 is 0 Å². The molecule has 4 aromatic rings. The van der Waals surface area contributed by atoms with Crippen molar-refractivity contribution < 1.29 is 4.79 Å². The molecule has 1 unspecified atom stereocenters. The van der Waals surface area contributed by atoms with Gasteiger partial charge in [0.1, 0.15) is 0 Å². The molecular weight excluding hydrogens is 396 g/mol. The van der Waals surface area contributed by atoms with E-state index in [1.807, 2.05) is 48.5 Å². The monoisotopic (exact) mass is 412 g/mol. The van der Waals surface area contributed by atoms with Gasteiger partial charge in [-0.15, -0.1) is 0 Å². The minimum absolute atomic E-state index is 0.226. The van der Waals surface area contributed by atoms with Gasteiger partial charge in [0, 0.05) is 18.8 Å². The maximum Gasteiger partial charge on any atom is 0.276 e. The molecule has 5 nitrogen and oxygen atoms in total. The van der Waals surface area contributed by atoms with E-state index in [0.717, 1.165) is 27.9 Å². The molecule has 146 valence electrons. The van der Waals surface area contributed by atoms with Crippen LogP contribution in [-0.2, 0) is 0 Å². The predicted molar refractivity (Wildman–Crippen MR) is 117 cm³/mol. The molecule has 1 aliphatic heterocycles. The fourth-order valence-electron chi connectivity index (χ4n) is 3.71. The Labute approximate surface area is 178 Å². The van der Waals surface area contributed by atoms with Crippen LogP contribution < -0.4 is 0 Å². The number of carbonyl (C=O) groups excluding carboxylic acids is 1. The molecule has 5 rings (SSSR count). The molecule has 0 saturated carbocycles. The van der Waals surface area contributed by atoms with Crippen molar-refractivity contribution in [2.24, 2.45) is 5.10 Å². The third-order valence-electron chi connectivity index (χ3n) is 5.21. The van der Waals surface area contributed by atoms with Crippen LogP contribution in [0.3, 0.4) is 0 Å². The van der Waals surface area contributed by atoms with Crippen LogP contribution in [0.15, 0.2) is 90.3 Å². The molecule has 0 aliphatic carbocycles. The van der Waals surface area contributed by atoms with Gasteiger partial charge in [0.05, 0.1) is 33.4 Å². The van der Waals surface area contributed by atoms with Crippen LogP contribution in [-0.4, -0.2) is 26.6 Å². The normalized spacial score (nSPS) is 16.0. The molecule has 0 saturated heterocycles. The highest BCUT2D eigenvalue weighted by Crippen LogP contribution is 2.35. The smallest absolute Gasteiger partial charge is 0.267 e. The Kier molecular flexibility index (Phi) is 4.73. The number of amides is 1. The molecule has 6 heteroatoms. The highest BCUT2D eigenvalue weighted by Gasteiger charge is 2.34. The van der Waals surface area contributed by atoms with Crippen LogP contribution in [0.25, 0.3) is 11.0 Å². The summed E-state index contributed by atoms with van der Waals surface area (Å²) in [6.07, 6.45) is 3.94. The third kappa shape index (κ3) is 3.33. The summed E-state index contributed by atoms with van der Waals surface area (Å²) in [5.74, 6) is -0.226. The number of carbonyl (C=O) groups is 1. The molecule has 1 aliphatic rings. The second kappa shape index (κ2) is 7.69. The number of fused-ring (bicyclic) bond motifs is 1. The van der Waals surface area contributed by atoms with E-state index in [1.54, 1.807) is 41.7 Å². The minimum Gasteiger partial charge on any atom is -0.267 e. The van der Waals surface area contributed by atoms with Crippen LogP contribution in [0.4, 0.5) is 0 Å². The molecule has 0 N–H and O–H groups in total. The lowest BCUT2D eigenvalue weighted by Gasteiger charge is -2.22. The summed E-state index contributed by atoms with van der Waals surface area (Å²) < 4.78 is 0. The molecule has 30 heavy (non-hydrogen) atoms. The Balaban J connectivity index is 1.59. The van der Waals surface area contributed by atoms with Gasteiger partial charge in [0.15, 0.2) is 0 Å². The van der Waals surface area contributed by atoms with Gasteiger partial charge in [-0.2, -0.15) is 5.10 Å². The second-order valence-corrected chi connectivity index (χ2v) is 7.47. The van der Waals surface area contributed by atoms with Crippen LogP contribution in [0.1, 0.15) is 33.9 Å². The van der Waals surface area contributed by atoms with E-state index in [2.05, 4.69) is 9.97 Å². The van der Waals surface area contributed by atoms with Crippen LogP contribution in [0.2, 0.25) is 5.02 Å². The number of halogens is 1. The van der Waals surface area contributed by atoms with Crippen molar-refractivity contribution in [1.29, 1.82) is 0 Å². The molecule has 1 amide bonds. The van der Waals surface area contributed by atoms with Crippen LogP contribution in [0.5, 0.6) is 0 Å². The number of hydrazone groups is 1. The number of aromatic nitrogens is 2. The molecule has 2 heterocycles. The Bertz CT molecular complexity index is 1270. The largest absolute Gasteiger partial charge is 0.276 e. The molecule has 0 radical (unpaired) electrons. The van der Waals surface area contributed by atoms with Crippen LogP contribution in [0, 0.1) is 0 Å². The maximum absolute atomic E-state index is 13.4. The Morgan fingerprint density at radius 1 is 0.900 bits per heavy atom. The fourth-order valence-corrected chi connectivity index (χ4v) is 3.92. The summed E-state index contributed by atoms with van der Waals surface area (Å²) in [5, 5.41) is 6.67. The van der Waals surface area contributed by atoms with Gasteiger partial charge in [-0.3, -0.25) is 14.8 Å². The molecule has 0 spiro atoms. The Hall–Kier alpha value is -3.57. The van der Waals surface area contributed by atoms with Gasteiger partial charge < -0.3 is 0 Å². The Morgan fingerprint density at radius 3 is 2.43 bits per heavy atom. The van der Waals surface area contributed by atoms with Crippen molar-refractivity contribution in [1.82, 2.24) is 15.0 Å². The van der Waals surface area contributed by atoms with Gasteiger partial charge in [-0.05, 0) is 35.4 Å². The zero-order chi connectivity index (χ0) is 20.5. The highest BCUT2D eigenvalue weighted by molar-refractivity contribution is 6.33. The molecule has 0 fully saturated rings. The number of rotatable bonds is 3. The fraction of sp³-hybridized carbons (Fsp3) is 0.0833. The van der Waals surface area contributed by atoms with Crippen molar-refractivity contribution in [2.45, 2.75) is 12.5 Å². The van der Waals surface area contributed by atoms with Gasteiger partial charge in [-0.1, -0.05) is 60.1 Å². The third-order valence-corrected chi connectivity index (χ3v) is 5.54. The van der Waals surface area contributed by atoms with Gasteiger partial charge in [0.2, 0.25) is 0 Å². The lowest BCUT2D eigenvalue weighted by Crippen LogP contribution is -2.27. The number of nitrogens with zero attached hydrogens (tertiary/aromatic N) is 4. The maximum atomic E-state index is 13.4. The summed E-state index contributed by atoms with van der Waals surface area (Å²) >= 11 is 6.31. The average Bonchev–Trinajstić information content (AvgIpc) is 3.25. The first kappa shape index (κ1) is 18.5. The van der Waals surface area contributed by atoms with E-state index in [-0.39, 0.29) is 11.9 Å². The van der Waals surface area contributed by atoms with Gasteiger partial charge in [0.25, 0.3) is 5.91 Å². The first-order chi connectivity index (χ1) is 14.7. The standard InChI is InChI=1S/C24H17ClN4O/c25-19-9-5-4-8-18(19)24(30)29-23(15-21(28-29)16-6-2-1-3-7-16)17-10-11-20-22(14-17)27-13-12-26-20/h1-14,23H,15H2. The topological polar surface area (TPSA) is 58.5 Å². The van der Waals surface area contributed by atoms with Crippen LogP contribution >= 0.6 is 11.6 Å². The van der Waals surface area contributed by atoms with Gasteiger partial charge in [-0.25, -0.2) is 5.01 Å². The number of hydrogen-bond acceptors (Lipinski definition) is 4. The zero-order valence-corrected chi connectivity index (χ0v) is 16.7. The number of benzene rings is 3. The molecule has 0 bridgehead atoms. The lowest BCUT2D eigenvalue weighted by atomic mass is 9.97. The summed E-state index contributed by atoms with van der Waals surface area (Å²) in [7, 11) is 0. The highest BCUT2D eigenvalue weighted by atomic mass is 35.5. The van der Waals surface area contributed by atoms with Crippen molar-refractivity contribution >= 4 is 34.3 Å². The summed E-state index contributed by atoms with van der Waals surface area (Å²) in [6, 6.07) is 22.6. The summed E-state index contributed by atoms with van der Waals surface area (Å²) in [6.45, 7) is 0. The van der Waals surface area contributed by atoms with Crippen molar-refractivity contribution in [2.75, 3.05) is 0 Å². The van der Waals surface area contributed by atoms with E-state index in [1.165, 1.54) is 0 Å². The van der Waals surface area contributed by atoms with E-state index in [0.29, 0.717) is 17.0 Å². The SMILES string of the molecule is O=C(c1ccccc1Cl)N1N=C(c2ccccc2)CC1c1ccc2nccnc2c1. The van der Waals surface area contributed by atoms with Crippen molar-refractivity contribution in [3.8, 4) is 0 Å². The Morgan fingerprint density at radius 2 is 1.63 bits per heavy atom. The quantitative estimate of drug-likeness (QED) is 0.460. The lowest BCUT2D eigenvalue weighted by molar-refractivity contribution is 0.0711. The zero-order valence-electron chi connectivity index (χ0n) is 15.9. The van der Waals surface area contributed by atoms with E-state index < -0.39 is 0 Å². The average molecular weight is 413 g/mol. The number of hydrogen-bond donors (Lipinski definition) is 0. The van der Waals surface area contributed by atoms with Crippen molar-refractivity contribution in [3.63, 3.8) is 0 Å². The summed E-state index contributed by atoms with van der Waals surface area (Å²) in [4.78, 5) is 22.1.